The van der Waals surface area contributed by atoms with Crippen molar-refractivity contribution in [3.63, 3.8) is 0 Å². The maximum atomic E-state index is 2.55. The zero-order valence-corrected chi connectivity index (χ0v) is 7.22. The highest BCUT2D eigenvalue weighted by molar-refractivity contribution is 5.19. The van der Waals surface area contributed by atoms with Crippen LogP contribution in [0.1, 0.15) is 33.1 Å². The van der Waals surface area contributed by atoms with Crippen LogP contribution in [-0.2, 0) is 0 Å². The van der Waals surface area contributed by atoms with Gasteiger partial charge in [0.15, 0.2) is 0 Å². The van der Waals surface area contributed by atoms with E-state index in [-0.39, 0.29) is 0 Å². The minimum atomic E-state index is 0.653. The minimum Gasteiger partial charge on any atom is -0.294 e. The van der Waals surface area contributed by atoms with Gasteiger partial charge in [0.2, 0.25) is 0 Å². The van der Waals surface area contributed by atoms with Crippen molar-refractivity contribution >= 4 is 0 Å². The van der Waals surface area contributed by atoms with Gasteiger partial charge in [-0.3, -0.25) is 4.90 Å². The van der Waals surface area contributed by atoms with Crippen LogP contribution in [-0.4, -0.2) is 23.5 Å². The molecule has 3 unspecified atom stereocenters. The van der Waals surface area contributed by atoms with Gasteiger partial charge in [-0.25, -0.2) is 0 Å². The number of hydrogen-bond acceptors (Lipinski definition) is 1. The molecule has 0 aromatic carbocycles. The Bertz CT molecular complexity index is 135. The first kappa shape index (κ1) is 6.66. The summed E-state index contributed by atoms with van der Waals surface area (Å²) < 4.78 is 0. The molecular formula is C9H17N. The van der Waals surface area contributed by atoms with E-state index in [1.807, 2.05) is 0 Å². The Morgan fingerprint density at radius 2 is 2.00 bits per heavy atom. The van der Waals surface area contributed by atoms with Gasteiger partial charge in [-0.15, -0.1) is 0 Å². The quantitative estimate of drug-likeness (QED) is 0.528. The molecule has 0 radical (unpaired) electrons. The van der Waals surface area contributed by atoms with Gasteiger partial charge in [-0.05, 0) is 39.2 Å². The highest BCUT2D eigenvalue weighted by Crippen LogP contribution is 2.57. The molecule has 1 heteroatoms. The van der Waals surface area contributed by atoms with Crippen LogP contribution in [0, 0.1) is 5.92 Å². The molecule has 0 aromatic rings. The van der Waals surface area contributed by atoms with E-state index in [0.29, 0.717) is 5.54 Å². The molecule has 10 heavy (non-hydrogen) atoms. The lowest BCUT2D eigenvalue weighted by atomic mass is 9.97. The van der Waals surface area contributed by atoms with Gasteiger partial charge in [0, 0.05) is 11.6 Å². The van der Waals surface area contributed by atoms with Gasteiger partial charge >= 0.3 is 0 Å². The molecule has 3 atom stereocenters. The van der Waals surface area contributed by atoms with E-state index in [1.165, 1.54) is 19.3 Å². The summed E-state index contributed by atoms with van der Waals surface area (Å²) in [5.74, 6) is 1.05. The summed E-state index contributed by atoms with van der Waals surface area (Å²) in [4.78, 5) is 2.55. The largest absolute Gasteiger partial charge is 0.294 e. The molecule has 2 rings (SSSR count). The zero-order valence-electron chi connectivity index (χ0n) is 7.22. The summed E-state index contributed by atoms with van der Waals surface area (Å²) >= 11 is 0. The predicted molar refractivity (Wildman–Crippen MR) is 43.0 cm³/mol. The summed E-state index contributed by atoms with van der Waals surface area (Å²) in [6.07, 6.45) is 4.33. The Morgan fingerprint density at radius 3 is 2.10 bits per heavy atom. The molecule has 2 fully saturated rings. The summed E-state index contributed by atoms with van der Waals surface area (Å²) in [6, 6.07) is 0.866. The monoisotopic (exact) mass is 139 g/mol. The fraction of sp³-hybridized carbons (Fsp3) is 1.00. The zero-order chi connectivity index (χ0) is 7.35. The molecule has 0 amide bonds. The second-order valence-corrected chi connectivity index (χ2v) is 3.91. The number of nitrogens with zero attached hydrogens (tertiary/aromatic N) is 1. The first-order valence-electron chi connectivity index (χ1n) is 4.46. The third kappa shape index (κ3) is 0.572. The highest BCUT2D eigenvalue weighted by atomic mass is 15.4. The molecule has 1 heterocycles. The lowest BCUT2D eigenvalue weighted by molar-refractivity contribution is 0.404. The van der Waals surface area contributed by atoms with Gasteiger partial charge < -0.3 is 0 Å². The summed E-state index contributed by atoms with van der Waals surface area (Å²) in [5, 5.41) is 0. The predicted octanol–water partition coefficient (Wildman–Crippen LogP) is 1.88. The molecule has 2 aliphatic rings. The number of hydrogen-bond donors (Lipinski definition) is 0. The maximum absolute atomic E-state index is 2.55. The SMILES string of the molecule is CCC1(C2CC2)C(C)N1C. The normalized spacial score (nSPS) is 53.1. The van der Waals surface area contributed by atoms with Gasteiger partial charge in [0.25, 0.3) is 0 Å². The molecule has 1 nitrogen and oxygen atoms in total. The first-order chi connectivity index (χ1) is 4.73. The van der Waals surface area contributed by atoms with E-state index in [4.69, 9.17) is 0 Å². The van der Waals surface area contributed by atoms with Crippen LogP contribution in [0.15, 0.2) is 0 Å². The van der Waals surface area contributed by atoms with Crippen LogP contribution >= 0.6 is 0 Å². The molecule has 1 aliphatic carbocycles. The molecule has 0 N–H and O–H groups in total. The molecular weight excluding hydrogens is 122 g/mol. The summed E-state index contributed by atoms with van der Waals surface area (Å²) in [6.45, 7) is 4.69. The number of likely N-dealkylation sites (N-methyl/N-ethyl adjacent to an activating group) is 1. The van der Waals surface area contributed by atoms with E-state index in [2.05, 4.69) is 25.8 Å². The smallest absolute Gasteiger partial charge is 0.0388 e. The van der Waals surface area contributed by atoms with Crippen molar-refractivity contribution in [2.45, 2.75) is 44.7 Å². The van der Waals surface area contributed by atoms with Crippen molar-refractivity contribution in [2.24, 2.45) is 5.92 Å². The van der Waals surface area contributed by atoms with Crippen LogP contribution in [0.3, 0.4) is 0 Å². The average Bonchev–Trinajstić information content (AvgIpc) is 2.78. The summed E-state index contributed by atoms with van der Waals surface area (Å²) in [5.41, 5.74) is 0.653. The maximum Gasteiger partial charge on any atom is 0.0388 e. The molecule has 0 aromatic heterocycles. The van der Waals surface area contributed by atoms with E-state index in [9.17, 15) is 0 Å². The number of rotatable bonds is 2. The minimum absolute atomic E-state index is 0.653. The fourth-order valence-electron chi connectivity index (χ4n) is 2.72. The van der Waals surface area contributed by atoms with Crippen molar-refractivity contribution < 1.29 is 0 Å². The molecule has 1 saturated carbocycles. The lowest BCUT2D eigenvalue weighted by Crippen LogP contribution is -2.18. The first-order valence-corrected chi connectivity index (χ1v) is 4.46. The fourth-order valence-corrected chi connectivity index (χ4v) is 2.72. The Hall–Kier alpha value is -0.0400. The Kier molecular flexibility index (Phi) is 1.17. The Morgan fingerprint density at radius 1 is 1.50 bits per heavy atom. The second kappa shape index (κ2) is 1.76. The molecule has 1 aliphatic heterocycles. The van der Waals surface area contributed by atoms with Gasteiger partial charge in [-0.1, -0.05) is 6.92 Å². The molecule has 1 saturated heterocycles. The molecule has 0 bridgehead atoms. The van der Waals surface area contributed by atoms with Gasteiger partial charge in [0.05, 0.1) is 0 Å². The second-order valence-electron chi connectivity index (χ2n) is 3.91. The van der Waals surface area contributed by atoms with Crippen molar-refractivity contribution in [3.05, 3.63) is 0 Å². The Balaban J connectivity index is 2.10. The van der Waals surface area contributed by atoms with Crippen molar-refractivity contribution in [2.75, 3.05) is 7.05 Å². The van der Waals surface area contributed by atoms with E-state index in [0.717, 1.165) is 12.0 Å². The van der Waals surface area contributed by atoms with E-state index in [1.54, 1.807) is 0 Å². The highest BCUT2D eigenvalue weighted by Gasteiger charge is 2.63. The molecule has 58 valence electrons. The average molecular weight is 139 g/mol. The van der Waals surface area contributed by atoms with E-state index < -0.39 is 0 Å². The van der Waals surface area contributed by atoms with Crippen LogP contribution in [0.25, 0.3) is 0 Å². The van der Waals surface area contributed by atoms with Gasteiger partial charge in [-0.2, -0.15) is 0 Å². The van der Waals surface area contributed by atoms with Crippen LogP contribution in [0.4, 0.5) is 0 Å². The van der Waals surface area contributed by atoms with E-state index >= 15 is 0 Å². The van der Waals surface area contributed by atoms with Crippen molar-refractivity contribution in [1.29, 1.82) is 0 Å². The molecule has 0 spiro atoms. The summed E-state index contributed by atoms with van der Waals surface area (Å²) in [7, 11) is 2.27. The third-order valence-corrected chi connectivity index (χ3v) is 3.74. The van der Waals surface area contributed by atoms with Crippen molar-refractivity contribution in [3.8, 4) is 0 Å². The lowest BCUT2D eigenvalue weighted by Gasteiger charge is -2.11. The Labute approximate surface area is 63.4 Å². The van der Waals surface area contributed by atoms with Crippen LogP contribution in [0.2, 0.25) is 0 Å². The topological polar surface area (TPSA) is 3.01 Å². The third-order valence-electron chi connectivity index (χ3n) is 3.74. The van der Waals surface area contributed by atoms with Crippen LogP contribution in [0.5, 0.6) is 0 Å². The van der Waals surface area contributed by atoms with Gasteiger partial charge in [0.1, 0.15) is 0 Å². The van der Waals surface area contributed by atoms with Crippen LogP contribution < -0.4 is 0 Å². The standard InChI is InChI=1S/C9H17N/c1-4-9(8-5-6-8)7(2)10(9)3/h7-8H,4-6H2,1-3H3. The van der Waals surface area contributed by atoms with Crippen molar-refractivity contribution in [1.82, 2.24) is 4.90 Å².